The van der Waals surface area contributed by atoms with Gasteiger partial charge < -0.3 is 10.2 Å². The van der Waals surface area contributed by atoms with Crippen molar-refractivity contribution in [1.29, 1.82) is 0 Å². The molecule has 1 N–H and O–H groups in total. The third-order valence-corrected chi connectivity index (χ3v) is 2.93. The number of aryl methyl sites for hydroxylation is 1. The van der Waals surface area contributed by atoms with Gasteiger partial charge in [0.15, 0.2) is 5.82 Å². The van der Waals surface area contributed by atoms with E-state index in [0.29, 0.717) is 6.04 Å². The number of hydrogen-bond acceptors (Lipinski definition) is 4. The molecule has 15 heavy (non-hydrogen) atoms. The van der Waals surface area contributed by atoms with Crippen molar-refractivity contribution >= 4 is 5.82 Å². The highest BCUT2D eigenvalue weighted by molar-refractivity contribution is 5.39. The highest BCUT2D eigenvalue weighted by Crippen LogP contribution is 2.17. The van der Waals surface area contributed by atoms with Crippen molar-refractivity contribution < 1.29 is 0 Å². The number of hydrogen-bond donors (Lipinski definition) is 1. The number of nitrogens with one attached hydrogen (secondary N) is 1. The van der Waals surface area contributed by atoms with E-state index in [1.54, 1.807) is 6.20 Å². The van der Waals surface area contributed by atoms with Gasteiger partial charge >= 0.3 is 0 Å². The van der Waals surface area contributed by atoms with E-state index in [1.807, 2.05) is 7.05 Å². The molecule has 0 bridgehead atoms. The standard InChI is InChI=1S/C11H18N4/c1-9-6-11(14-13-7-9)15-5-3-4-10(8-15)12-2/h6-7,10,12H,3-5,8H2,1-2H3. The number of piperidine rings is 1. The smallest absolute Gasteiger partial charge is 0.151 e. The van der Waals surface area contributed by atoms with E-state index in [4.69, 9.17) is 0 Å². The second-order valence-corrected chi connectivity index (χ2v) is 4.16. The van der Waals surface area contributed by atoms with E-state index in [2.05, 4.69) is 33.4 Å². The van der Waals surface area contributed by atoms with Gasteiger partial charge in [0.2, 0.25) is 0 Å². The summed E-state index contributed by atoms with van der Waals surface area (Å²) in [6.07, 6.45) is 4.27. The molecule has 1 saturated heterocycles. The van der Waals surface area contributed by atoms with Gasteiger partial charge in [-0.05, 0) is 38.4 Å². The minimum atomic E-state index is 0.584. The number of nitrogens with zero attached hydrogens (tertiary/aromatic N) is 3. The van der Waals surface area contributed by atoms with Crippen molar-refractivity contribution in [3.63, 3.8) is 0 Å². The number of likely N-dealkylation sites (N-methyl/N-ethyl adjacent to an activating group) is 1. The van der Waals surface area contributed by atoms with E-state index in [9.17, 15) is 0 Å². The Bertz CT molecular complexity index is 326. The average molecular weight is 206 g/mol. The van der Waals surface area contributed by atoms with Gasteiger partial charge in [-0.2, -0.15) is 5.10 Å². The number of anilines is 1. The van der Waals surface area contributed by atoms with E-state index < -0.39 is 0 Å². The topological polar surface area (TPSA) is 41.0 Å². The Balaban J connectivity index is 2.09. The van der Waals surface area contributed by atoms with Crippen LogP contribution in [0.1, 0.15) is 18.4 Å². The summed E-state index contributed by atoms with van der Waals surface area (Å²) in [6.45, 7) is 4.18. The quantitative estimate of drug-likeness (QED) is 0.783. The predicted molar refractivity (Wildman–Crippen MR) is 61.1 cm³/mol. The van der Waals surface area contributed by atoms with Crippen molar-refractivity contribution in [3.05, 3.63) is 17.8 Å². The van der Waals surface area contributed by atoms with Crippen LogP contribution in [0.5, 0.6) is 0 Å². The minimum Gasteiger partial charge on any atom is -0.354 e. The molecule has 1 aliphatic rings. The highest BCUT2D eigenvalue weighted by Gasteiger charge is 2.19. The molecule has 2 heterocycles. The molecular weight excluding hydrogens is 188 g/mol. The minimum absolute atomic E-state index is 0.584. The Morgan fingerprint density at radius 3 is 3.13 bits per heavy atom. The van der Waals surface area contributed by atoms with Gasteiger partial charge in [0.25, 0.3) is 0 Å². The Labute approximate surface area is 90.7 Å². The Morgan fingerprint density at radius 2 is 2.40 bits per heavy atom. The lowest BCUT2D eigenvalue weighted by Crippen LogP contribution is -2.44. The number of rotatable bonds is 2. The first kappa shape index (κ1) is 10.4. The van der Waals surface area contributed by atoms with Gasteiger partial charge in [-0.1, -0.05) is 0 Å². The molecule has 0 aliphatic carbocycles. The summed E-state index contributed by atoms with van der Waals surface area (Å²) in [5.41, 5.74) is 1.17. The fraction of sp³-hybridized carbons (Fsp3) is 0.636. The van der Waals surface area contributed by atoms with Gasteiger partial charge in [0.05, 0.1) is 6.20 Å². The fourth-order valence-corrected chi connectivity index (χ4v) is 2.02. The predicted octanol–water partition coefficient (Wildman–Crippen LogP) is 0.973. The summed E-state index contributed by atoms with van der Waals surface area (Å²) >= 11 is 0. The molecule has 0 spiro atoms. The normalized spacial score (nSPS) is 21.7. The first-order chi connectivity index (χ1) is 7.29. The van der Waals surface area contributed by atoms with Crippen molar-refractivity contribution in [2.24, 2.45) is 0 Å². The number of aromatic nitrogens is 2. The largest absolute Gasteiger partial charge is 0.354 e. The van der Waals surface area contributed by atoms with Crippen LogP contribution in [0.15, 0.2) is 12.3 Å². The van der Waals surface area contributed by atoms with Crippen LogP contribution in [0.25, 0.3) is 0 Å². The lowest BCUT2D eigenvalue weighted by molar-refractivity contribution is 0.447. The molecule has 82 valence electrons. The Morgan fingerprint density at radius 1 is 1.53 bits per heavy atom. The Hall–Kier alpha value is -1.16. The van der Waals surface area contributed by atoms with Gasteiger partial charge in [0, 0.05) is 19.1 Å². The summed E-state index contributed by atoms with van der Waals surface area (Å²) in [7, 11) is 2.02. The third-order valence-electron chi connectivity index (χ3n) is 2.93. The van der Waals surface area contributed by atoms with Gasteiger partial charge in [0.1, 0.15) is 0 Å². The molecule has 1 unspecified atom stereocenters. The molecule has 2 rings (SSSR count). The molecule has 0 saturated carbocycles. The van der Waals surface area contributed by atoms with Crippen LogP contribution in [0.3, 0.4) is 0 Å². The first-order valence-electron chi connectivity index (χ1n) is 5.51. The van der Waals surface area contributed by atoms with Crippen molar-refractivity contribution in [3.8, 4) is 0 Å². The monoisotopic (exact) mass is 206 g/mol. The summed E-state index contributed by atoms with van der Waals surface area (Å²) in [4.78, 5) is 2.31. The highest BCUT2D eigenvalue weighted by atomic mass is 15.3. The zero-order chi connectivity index (χ0) is 10.7. The summed E-state index contributed by atoms with van der Waals surface area (Å²) < 4.78 is 0. The molecule has 4 nitrogen and oxygen atoms in total. The lowest BCUT2D eigenvalue weighted by Gasteiger charge is -2.33. The van der Waals surface area contributed by atoms with Gasteiger partial charge in [-0.25, -0.2) is 0 Å². The molecule has 1 atom stereocenters. The molecule has 1 aliphatic heterocycles. The molecule has 1 fully saturated rings. The maximum Gasteiger partial charge on any atom is 0.151 e. The maximum absolute atomic E-state index is 4.18. The first-order valence-corrected chi connectivity index (χ1v) is 5.51. The van der Waals surface area contributed by atoms with Crippen molar-refractivity contribution in [2.75, 3.05) is 25.0 Å². The average Bonchev–Trinajstić information content (AvgIpc) is 2.29. The van der Waals surface area contributed by atoms with Crippen LogP contribution < -0.4 is 10.2 Å². The van der Waals surface area contributed by atoms with Crippen LogP contribution in [-0.2, 0) is 0 Å². The SMILES string of the molecule is CNC1CCCN(c2cc(C)cnn2)C1. The maximum atomic E-state index is 4.18. The van der Waals surface area contributed by atoms with E-state index in [1.165, 1.54) is 18.4 Å². The molecule has 0 amide bonds. The van der Waals surface area contributed by atoms with Gasteiger partial charge in [-0.15, -0.1) is 5.10 Å². The fourth-order valence-electron chi connectivity index (χ4n) is 2.02. The third kappa shape index (κ3) is 2.45. The summed E-state index contributed by atoms with van der Waals surface area (Å²) in [5.74, 6) is 1.01. The van der Waals surface area contributed by atoms with E-state index in [0.717, 1.165) is 18.9 Å². The molecular formula is C11H18N4. The Kier molecular flexibility index (Phi) is 3.16. The molecule has 0 radical (unpaired) electrons. The van der Waals surface area contributed by atoms with Crippen LogP contribution in [0, 0.1) is 6.92 Å². The van der Waals surface area contributed by atoms with Gasteiger partial charge in [-0.3, -0.25) is 0 Å². The zero-order valence-electron chi connectivity index (χ0n) is 9.40. The van der Waals surface area contributed by atoms with Crippen molar-refractivity contribution in [2.45, 2.75) is 25.8 Å². The van der Waals surface area contributed by atoms with Crippen LogP contribution in [0.2, 0.25) is 0 Å². The second-order valence-electron chi connectivity index (χ2n) is 4.16. The molecule has 4 heteroatoms. The molecule has 1 aromatic rings. The van der Waals surface area contributed by atoms with Crippen LogP contribution >= 0.6 is 0 Å². The summed E-state index contributed by atoms with van der Waals surface area (Å²) in [5, 5.41) is 11.5. The molecule has 1 aromatic heterocycles. The van der Waals surface area contributed by atoms with E-state index >= 15 is 0 Å². The lowest BCUT2D eigenvalue weighted by atomic mass is 10.1. The van der Waals surface area contributed by atoms with Crippen molar-refractivity contribution in [1.82, 2.24) is 15.5 Å². The second kappa shape index (κ2) is 4.57. The molecule has 0 aromatic carbocycles. The zero-order valence-corrected chi connectivity index (χ0v) is 9.40. The van der Waals surface area contributed by atoms with E-state index in [-0.39, 0.29) is 0 Å². The summed E-state index contributed by atoms with van der Waals surface area (Å²) in [6, 6.07) is 2.69. The van der Waals surface area contributed by atoms with Crippen LogP contribution in [0.4, 0.5) is 5.82 Å². The van der Waals surface area contributed by atoms with Crippen LogP contribution in [-0.4, -0.2) is 36.4 Å².